The first kappa shape index (κ1) is 22.1. The third kappa shape index (κ3) is 3.90. The van der Waals surface area contributed by atoms with E-state index in [0.29, 0.717) is 0 Å². The number of allylic oxidation sites excluding steroid dienone is 4. The van der Waals surface area contributed by atoms with Crippen LogP contribution in [0.1, 0.15) is 50.2 Å². The molecule has 0 radical (unpaired) electrons. The molecule has 0 spiro atoms. The van der Waals surface area contributed by atoms with E-state index in [1.54, 1.807) is 12.2 Å². The Morgan fingerprint density at radius 3 is 1.83 bits per heavy atom. The van der Waals surface area contributed by atoms with Crippen LogP contribution >= 0.6 is 0 Å². The minimum absolute atomic E-state index is 0.371. The van der Waals surface area contributed by atoms with Crippen LogP contribution in [0.25, 0.3) is 17.8 Å². The van der Waals surface area contributed by atoms with E-state index < -0.39 is 7.12 Å². The van der Waals surface area contributed by atoms with Crippen molar-refractivity contribution in [2.24, 2.45) is 0 Å². The number of nitrogens with zero attached hydrogens (tertiary/aromatic N) is 1. The summed E-state index contributed by atoms with van der Waals surface area (Å²) in [6.45, 7) is 20.3. The first-order valence-corrected chi connectivity index (χ1v) is 10.4. The Morgan fingerprint density at radius 1 is 0.867 bits per heavy atom. The Labute approximate surface area is 181 Å². The van der Waals surface area contributed by atoms with Crippen LogP contribution in [-0.4, -0.2) is 22.9 Å². The molecule has 1 fully saturated rings. The van der Waals surface area contributed by atoms with Crippen LogP contribution in [0.4, 0.5) is 0 Å². The maximum absolute atomic E-state index is 6.27. The van der Waals surface area contributed by atoms with Gasteiger partial charge in [0.25, 0.3) is 0 Å². The molecule has 30 heavy (non-hydrogen) atoms. The highest BCUT2D eigenvalue weighted by Crippen LogP contribution is 2.36. The molecular weight excluding hydrogens is 369 g/mol. The molecule has 1 aliphatic heterocycles. The molecule has 4 heteroatoms. The number of rotatable bonds is 6. The fourth-order valence-corrected chi connectivity index (χ4v) is 3.63. The molecule has 0 unspecified atom stereocenters. The van der Waals surface area contributed by atoms with Gasteiger partial charge >= 0.3 is 7.12 Å². The largest absolute Gasteiger partial charge is 0.494 e. The SMILES string of the molecule is C=C/C=C\c1c(C)c(C)c(/C=C\C=C)n1-c1cccc(B2OC(C)(C)C(C)(C)O2)c1. The fraction of sp³-hybridized carbons (Fsp3) is 0.308. The number of aromatic nitrogens is 1. The molecule has 1 aromatic carbocycles. The Balaban J connectivity index is 2.15. The van der Waals surface area contributed by atoms with E-state index in [0.717, 1.165) is 22.5 Å². The van der Waals surface area contributed by atoms with Crippen molar-refractivity contribution in [2.75, 3.05) is 0 Å². The van der Waals surface area contributed by atoms with Gasteiger partial charge in [0.1, 0.15) is 0 Å². The molecule has 0 aliphatic carbocycles. The molecule has 156 valence electrons. The van der Waals surface area contributed by atoms with Crippen LogP contribution < -0.4 is 5.46 Å². The Bertz CT molecular complexity index is 966. The molecule has 0 saturated carbocycles. The topological polar surface area (TPSA) is 23.4 Å². The Kier molecular flexibility index (Phi) is 6.12. The van der Waals surface area contributed by atoms with Gasteiger partial charge in [-0.05, 0) is 82.4 Å². The standard InChI is InChI=1S/C26H32BNO2/c1-9-11-16-23-19(3)20(4)24(17-12-10-2)28(23)22-15-13-14-21(18-22)27-29-25(5,6)26(7,8)30-27/h9-18H,1-2H2,3-8H3/b16-11-,17-12-. The molecule has 1 aromatic heterocycles. The quantitative estimate of drug-likeness (QED) is 0.452. The van der Waals surface area contributed by atoms with Crippen molar-refractivity contribution in [1.82, 2.24) is 4.57 Å². The van der Waals surface area contributed by atoms with Gasteiger partial charge in [0.15, 0.2) is 0 Å². The van der Waals surface area contributed by atoms with E-state index in [1.807, 2.05) is 12.2 Å². The van der Waals surface area contributed by atoms with Crippen molar-refractivity contribution < 1.29 is 9.31 Å². The number of hydrogen-bond donors (Lipinski definition) is 0. The van der Waals surface area contributed by atoms with E-state index in [1.165, 1.54) is 11.1 Å². The lowest BCUT2D eigenvalue weighted by atomic mass is 9.79. The van der Waals surface area contributed by atoms with Crippen LogP contribution in [0.5, 0.6) is 0 Å². The summed E-state index contributed by atoms with van der Waals surface area (Å²) in [4.78, 5) is 0. The second-order valence-corrected chi connectivity index (χ2v) is 8.73. The van der Waals surface area contributed by atoms with Gasteiger partial charge in [-0.15, -0.1) is 0 Å². The summed E-state index contributed by atoms with van der Waals surface area (Å²) in [5.41, 5.74) is 6.05. The molecule has 0 amide bonds. The van der Waals surface area contributed by atoms with Crippen LogP contribution in [0.3, 0.4) is 0 Å². The third-order valence-electron chi connectivity index (χ3n) is 6.25. The van der Waals surface area contributed by atoms with Gasteiger partial charge < -0.3 is 13.9 Å². The summed E-state index contributed by atoms with van der Waals surface area (Å²) in [5.74, 6) is 0. The normalized spacial score (nSPS) is 17.9. The van der Waals surface area contributed by atoms with Gasteiger partial charge in [0.05, 0.1) is 11.2 Å². The summed E-state index contributed by atoms with van der Waals surface area (Å²) in [7, 11) is -0.396. The Hall–Kier alpha value is -2.56. The predicted molar refractivity (Wildman–Crippen MR) is 129 cm³/mol. The minimum atomic E-state index is -0.396. The van der Waals surface area contributed by atoms with Gasteiger partial charge in [-0.1, -0.05) is 49.6 Å². The van der Waals surface area contributed by atoms with Crippen LogP contribution in [0, 0.1) is 13.8 Å². The first-order chi connectivity index (χ1) is 14.1. The fourth-order valence-electron chi connectivity index (χ4n) is 3.63. The zero-order valence-corrected chi connectivity index (χ0v) is 19.0. The first-order valence-electron chi connectivity index (χ1n) is 10.4. The summed E-state index contributed by atoms with van der Waals surface area (Å²) in [6.07, 6.45) is 11.7. The van der Waals surface area contributed by atoms with Crippen LogP contribution in [-0.2, 0) is 9.31 Å². The average Bonchev–Trinajstić information content (AvgIpc) is 3.07. The van der Waals surface area contributed by atoms with Gasteiger partial charge in [-0.25, -0.2) is 0 Å². The maximum atomic E-state index is 6.27. The summed E-state index contributed by atoms with van der Waals surface area (Å²) < 4.78 is 14.8. The summed E-state index contributed by atoms with van der Waals surface area (Å²) >= 11 is 0. The molecular formula is C26H32BNO2. The van der Waals surface area contributed by atoms with Crippen molar-refractivity contribution in [1.29, 1.82) is 0 Å². The van der Waals surface area contributed by atoms with Gasteiger partial charge in [0, 0.05) is 17.1 Å². The van der Waals surface area contributed by atoms with Crippen molar-refractivity contribution in [2.45, 2.75) is 52.7 Å². The van der Waals surface area contributed by atoms with Crippen molar-refractivity contribution in [3.63, 3.8) is 0 Å². The van der Waals surface area contributed by atoms with E-state index in [9.17, 15) is 0 Å². The number of benzene rings is 1. The third-order valence-corrected chi connectivity index (χ3v) is 6.25. The second-order valence-electron chi connectivity index (χ2n) is 8.73. The second kappa shape index (κ2) is 8.29. The zero-order valence-electron chi connectivity index (χ0n) is 19.0. The highest BCUT2D eigenvalue weighted by Gasteiger charge is 2.51. The van der Waals surface area contributed by atoms with E-state index in [2.05, 4.69) is 95.7 Å². The molecule has 0 atom stereocenters. The van der Waals surface area contributed by atoms with E-state index >= 15 is 0 Å². The molecule has 0 N–H and O–H groups in total. The molecule has 3 nitrogen and oxygen atoms in total. The number of hydrogen-bond acceptors (Lipinski definition) is 2. The monoisotopic (exact) mass is 401 g/mol. The minimum Gasteiger partial charge on any atom is -0.399 e. The lowest BCUT2D eigenvalue weighted by molar-refractivity contribution is 0.00578. The highest BCUT2D eigenvalue weighted by atomic mass is 16.7. The van der Waals surface area contributed by atoms with Gasteiger partial charge in [-0.3, -0.25) is 0 Å². The van der Waals surface area contributed by atoms with Crippen molar-refractivity contribution in [3.8, 4) is 5.69 Å². The zero-order chi connectivity index (χ0) is 22.1. The van der Waals surface area contributed by atoms with Gasteiger partial charge in [-0.2, -0.15) is 0 Å². The lowest BCUT2D eigenvalue weighted by Crippen LogP contribution is -2.41. The van der Waals surface area contributed by atoms with E-state index in [-0.39, 0.29) is 11.2 Å². The predicted octanol–water partition coefficient (Wildman–Crippen LogP) is 5.79. The maximum Gasteiger partial charge on any atom is 0.494 e. The molecule has 1 aliphatic rings. The van der Waals surface area contributed by atoms with Crippen molar-refractivity contribution in [3.05, 3.63) is 84.2 Å². The van der Waals surface area contributed by atoms with E-state index in [4.69, 9.17) is 9.31 Å². The molecule has 2 heterocycles. The Morgan fingerprint density at radius 2 is 1.37 bits per heavy atom. The summed E-state index contributed by atoms with van der Waals surface area (Å²) in [6, 6.07) is 8.39. The van der Waals surface area contributed by atoms with Crippen LogP contribution in [0.15, 0.2) is 61.7 Å². The van der Waals surface area contributed by atoms with Crippen LogP contribution in [0.2, 0.25) is 0 Å². The smallest absolute Gasteiger partial charge is 0.399 e. The molecule has 2 aromatic rings. The summed E-state index contributed by atoms with van der Waals surface area (Å²) in [5, 5.41) is 0. The molecule has 1 saturated heterocycles. The lowest BCUT2D eigenvalue weighted by Gasteiger charge is -2.32. The molecule has 3 rings (SSSR count). The van der Waals surface area contributed by atoms with Gasteiger partial charge in [0.2, 0.25) is 0 Å². The highest BCUT2D eigenvalue weighted by molar-refractivity contribution is 6.62. The average molecular weight is 401 g/mol. The molecule has 0 bridgehead atoms. The van der Waals surface area contributed by atoms with Crippen molar-refractivity contribution >= 4 is 24.7 Å².